The number of hydrogen-bond acceptors (Lipinski definition) is 5. The number of nitrogens with zero attached hydrogens (tertiary/aromatic N) is 1. The van der Waals surface area contributed by atoms with E-state index in [1.165, 1.54) is 37.4 Å². The van der Waals surface area contributed by atoms with Crippen molar-refractivity contribution in [2.75, 3.05) is 0 Å². The van der Waals surface area contributed by atoms with E-state index in [9.17, 15) is 9.59 Å². The summed E-state index contributed by atoms with van der Waals surface area (Å²) < 4.78 is 0. The molecule has 1 fully saturated rings. The van der Waals surface area contributed by atoms with Crippen molar-refractivity contribution in [3.8, 4) is 0 Å². The molecule has 1 amide bonds. The summed E-state index contributed by atoms with van der Waals surface area (Å²) in [5, 5.41) is 15.5. The van der Waals surface area contributed by atoms with Crippen LogP contribution in [0.5, 0.6) is 0 Å². The first-order valence-electron chi connectivity index (χ1n) is 8.55. The molecular formula is C16H29N3O3S. The topological polar surface area (TPSA) is 90.8 Å². The first kappa shape index (κ1) is 19.8. The number of rotatable bonds is 12. The first-order chi connectivity index (χ1) is 11.1. The molecule has 6 nitrogen and oxygen atoms in total. The molecule has 0 aliphatic carbocycles. The van der Waals surface area contributed by atoms with Gasteiger partial charge in [-0.25, -0.2) is 0 Å². The summed E-state index contributed by atoms with van der Waals surface area (Å²) in [4.78, 5) is 22.4. The normalized spacial score (nSPS) is 20.2. The Kier molecular flexibility index (Phi) is 9.75. The zero-order valence-corrected chi connectivity index (χ0v) is 15.0. The van der Waals surface area contributed by atoms with Gasteiger partial charge in [0, 0.05) is 5.71 Å². The Hall–Kier alpha value is -1.24. The number of unbranched alkanes of at least 4 members (excludes halogenated alkanes) is 4. The molecule has 1 saturated heterocycles. The van der Waals surface area contributed by atoms with Crippen LogP contribution in [0.15, 0.2) is 5.10 Å². The molecule has 0 radical (unpaired) electrons. The molecule has 1 rings (SSSR count). The fraction of sp³-hybridized carbons (Fsp3) is 0.812. The molecule has 1 aliphatic heterocycles. The average molecular weight is 343 g/mol. The summed E-state index contributed by atoms with van der Waals surface area (Å²) in [5.41, 5.74) is 3.80. The highest BCUT2D eigenvalue weighted by Gasteiger charge is 2.34. The number of carboxylic acids is 1. The molecule has 2 atom stereocenters. The monoisotopic (exact) mass is 343 g/mol. The van der Waals surface area contributed by atoms with Crippen molar-refractivity contribution in [1.82, 2.24) is 10.7 Å². The van der Waals surface area contributed by atoms with E-state index in [-0.39, 0.29) is 17.8 Å². The Bertz CT molecular complexity index is 403. The van der Waals surface area contributed by atoms with Crippen molar-refractivity contribution < 1.29 is 14.7 Å². The molecular weight excluding hydrogens is 314 g/mol. The number of hydrazone groups is 1. The maximum absolute atomic E-state index is 11.7. The van der Waals surface area contributed by atoms with Crippen LogP contribution in [0.2, 0.25) is 0 Å². The zero-order chi connectivity index (χ0) is 17.1. The second-order valence-electron chi connectivity index (χ2n) is 5.83. The summed E-state index contributed by atoms with van der Waals surface area (Å²) in [7, 11) is 0. The average Bonchev–Trinajstić information content (AvgIpc) is 2.84. The number of hydrogen-bond donors (Lipinski definition) is 3. The predicted octanol–water partition coefficient (Wildman–Crippen LogP) is 3.08. The van der Waals surface area contributed by atoms with E-state index < -0.39 is 11.2 Å². The minimum absolute atomic E-state index is 0.155. The number of aliphatic carboxylic acids is 1. The van der Waals surface area contributed by atoms with Crippen LogP contribution in [0.25, 0.3) is 0 Å². The smallest absolute Gasteiger partial charge is 0.305 e. The minimum atomic E-state index is -0.957. The van der Waals surface area contributed by atoms with Crippen molar-refractivity contribution in [1.29, 1.82) is 0 Å². The van der Waals surface area contributed by atoms with Gasteiger partial charge in [0.05, 0.1) is 11.7 Å². The van der Waals surface area contributed by atoms with Crippen LogP contribution in [-0.2, 0) is 9.59 Å². The van der Waals surface area contributed by atoms with E-state index in [1.54, 1.807) is 0 Å². The molecule has 23 heavy (non-hydrogen) atoms. The van der Waals surface area contributed by atoms with Crippen molar-refractivity contribution in [2.24, 2.45) is 5.10 Å². The molecule has 0 aromatic rings. The second-order valence-corrected chi connectivity index (χ2v) is 7.15. The molecule has 1 aliphatic rings. The van der Waals surface area contributed by atoms with E-state index in [4.69, 9.17) is 5.11 Å². The van der Waals surface area contributed by atoms with Crippen molar-refractivity contribution in [3.63, 3.8) is 0 Å². The minimum Gasteiger partial charge on any atom is -0.481 e. The lowest BCUT2D eigenvalue weighted by atomic mass is 10.1. The summed E-state index contributed by atoms with van der Waals surface area (Å²) in [6, 6.07) is 0. The molecule has 7 heteroatoms. The van der Waals surface area contributed by atoms with Gasteiger partial charge in [0.1, 0.15) is 0 Å². The van der Waals surface area contributed by atoms with Crippen LogP contribution in [-0.4, -0.2) is 33.4 Å². The lowest BCUT2D eigenvalue weighted by Gasteiger charge is -2.12. The molecule has 0 spiro atoms. The highest BCUT2D eigenvalue weighted by molar-refractivity contribution is 8.01. The van der Waals surface area contributed by atoms with Crippen molar-refractivity contribution in [2.45, 2.75) is 82.4 Å². The number of carbonyl (C=O) groups is 2. The van der Waals surface area contributed by atoms with Crippen LogP contribution < -0.4 is 10.7 Å². The van der Waals surface area contributed by atoms with E-state index in [1.807, 2.05) is 0 Å². The fourth-order valence-electron chi connectivity index (χ4n) is 2.39. The van der Waals surface area contributed by atoms with Gasteiger partial charge in [0.15, 0.2) is 5.50 Å². The van der Waals surface area contributed by atoms with Gasteiger partial charge < -0.3 is 10.4 Å². The largest absolute Gasteiger partial charge is 0.481 e. The SMILES string of the molecule is CCCCCC(CCCCC)=NNC1NC(=O)C(CC(=O)O)S1. The van der Waals surface area contributed by atoms with Crippen molar-refractivity contribution in [3.05, 3.63) is 0 Å². The summed E-state index contributed by atoms with van der Waals surface area (Å²) in [6.45, 7) is 4.36. The summed E-state index contributed by atoms with van der Waals surface area (Å²) in [5.74, 6) is -1.19. The third kappa shape index (κ3) is 8.25. The lowest BCUT2D eigenvalue weighted by molar-refractivity contribution is -0.138. The third-order valence-electron chi connectivity index (χ3n) is 3.70. The number of thioether (sulfide) groups is 1. The molecule has 1 heterocycles. The Morgan fingerprint density at radius 3 is 2.35 bits per heavy atom. The zero-order valence-electron chi connectivity index (χ0n) is 14.1. The maximum atomic E-state index is 11.7. The standard InChI is InChI=1S/C16H29N3O3S/c1-3-5-7-9-12(10-8-6-4-2)18-19-16-17-15(22)13(23-16)11-14(20)21/h13,16,19H,3-11H2,1-2H3,(H,17,22)(H,20,21). The van der Waals surface area contributed by atoms with Gasteiger partial charge in [-0.3, -0.25) is 15.0 Å². The van der Waals surface area contributed by atoms with Gasteiger partial charge in [-0.15, -0.1) is 11.8 Å². The summed E-state index contributed by atoms with van der Waals surface area (Å²) >= 11 is 1.29. The van der Waals surface area contributed by atoms with Crippen LogP contribution in [0.3, 0.4) is 0 Å². The van der Waals surface area contributed by atoms with Crippen LogP contribution in [0.4, 0.5) is 0 Å². The first-order valence-corrected chi connectivity index (χ1v) is 9.49. The van der Waals surface area contributed by atoms with Gasteiger partial charge in [0.25, 0.3) is 0 Å². The summed E-state index contributed by atoms with van der Waals surface area (Å²) in [6.07, 6.45) is 8.83. The Morgan fingerprint density at radius 2 is 1.83 bits per heavy atom. The Labute approximate surface area is 142 Å². The van der Waals surface area contributed by atoms with E-state index in [2.05, 4.69) is 29.7 Å². The molecule has 0 aromatic heterocycles. The quantitative estimate of drug-likeness (QED) is 0.288. The van der Waals surface area contributed by atoms with E-state index in [0.29, 0.717) is 0 Å². The number of carbonyl (C=O) groups excluding carboxylic acids is 1. The second kappa shape index (κ2) is 11.3. The molecule has 0 aromatic carbocycles. The number of carboxylic acid groups (broad SMARTS) is 1. The van der Waals surface area contributed by atoms with Gasteiger partial charge >= 0.3 is 5.97 Å². The van der Waals surface area contributed by atoms with E-state index in [0.717, 1.165) is 31.4 Å². The highest BCUT2D eigenvalue weighted by Crippen LogP contribution is 2.24. The Balaban J connectivity index is 2.47. The van der Waals surface area contributed by atoms with Crippen LogP contribution in [0.1, 0.15) is 71.6 Å². The molecule has 0 saturated carbocycles. The molecule has 3 N–H and O–H groups in total. The molecule has 132 valence electrons. The fourth-order valence-corrected chi connectivity index (χ4v) is 3.45. The molecule has 0 bridgehead atoms. The van der Waals surface area contributed by atoms with Gasteiger partial charge in [0.2, 0.25) is 5.91 Å². The predicted molar refractivity (Wildman–Crippen MR) is 94.4 cm³/mol. The van der Waals surface area contributed by atoms with Crippen molar-refractivity contribution >= 4 is 29.4 Å². The highest BCUT2D eigenvalue weighted by atomic mass is 32.2. The van der Waals surface area contributed by atoms with Crippen LogP contribution >= 0.6 is 11.8 Å². The third-order valence-corrected chi connectivity index (χ3v) is 4.91. The van der Waals surface area contributed by atoms with E-state index >= 15 is 0 Å². The number of nitrogens with one attached hydrogen (secondary N) is 2. The van der Waals surface area contributed by atoms with Gasteiger partial charge in [-0.1, -0.05) is 39.5 Å². The van der Waals surface area contributed by atoms with Gasteiger partial charge in [-0.05, 0) is 25.7 Å². The molecule has 2 unspecified atom stereocenters. The lowest BCUT2D eigenvalue weighted by Crippen LogP contribution is -2.35. The maximum Gasteiger partial charge on any atom is 0.305 e. The number of amides is 1. The Morgan fingerprint density at radius 1 is 1.22 bits per heavy atom. The van der Waals surface area contributed by atoms with Crippen LogP contribution in [0, 0.1) is 0 Å². The van der Waals surface area contributed by atoms with Gasteiger partial charge in [-0.2, -0.15) is 5.10 Å².